The number of anilines is 1. The van der Waals surface area contributed by atoms with Gasteiger partial charge in [-0.1, -0.05) is 6.92 Å². The summed E-state index contributed by atoms with van der Waals surface area (Å²) in [6.07, 6.45) is 7.09. The molecule has 3 rings (SSSR count). The van der Waals surface area contributed by atoms with Gasteiger partial charge in [0.15, 0.2) is 0 Å². The molecule has 17 heavy (non-hydrogen) atoms. The maximum atomic E-state index is 6.12. The van der Waals surface area contributed by atoms with E-state index in [4.69, 9.17) is 5.73 Å². The van der Waals surface area contributed by atoms with E-state index < -0.39 is 0 Å². The Morgan fingerprint density at radius 2 is 2.24 bits per heavy atom. The van der Waals surface area contributed by atoms with E-state index in [1.807, 2.05) is 24.1 Å². The van der Waals surface area contributed by atoms with Crippen LogP contribution in [0.4, 0.5) is 5.82 Å². The van der Waals surface area contributed by atoms with Gasteiger partial charge in [-0.2, -0.15) is 0 Å². The van der Waals surface area contributed by atoms with Crippen molar-refractivity contribution in [3.8, 4) is 11.4 Å². The SMILES string of the molecule is CCc1nc(-c2cncn2C2CC2)c(N)n1C. The Labute approximate surface area is 100 Å². The van der Waals surface area contributed by atoms with E-state index >= 15 is 0 Å². The lowest BCUT2D eigenvalue weighted by Crippen LogP contribution is -2.01. The molecule has 1 fully saturated rings. The second-order valence-electron chi connectivity index (χ2n) is 4.59. The molecule has 2 N–H and O–H groups in total. The molecule has 0 spiro atoms. The van der Waals surface area contributed by atoms with Gasteiger partial charge in [-0.3, -0.25) is 0 Å². The predicted molar refractivity (Wildman–Crippen MR) is 66.5 cm³/mol. The average Bonchev–Trinajstić information content (AvgIpc) is 3.00. The Bertz CT molecular complexity index is 547. The van der Waals surface area contributed by atoms with Gasteiger partial charge in [0.1, 0.15) is 17.3 Å². The van der Waals surface area contributed by atoms with Crippen molar-refractivity contribution < 1.29 is 0 Å². The second kappa shape index (κ2) is 3.61. The summed E-state index contributed by atoms with van der Waals surface area (Å²) in [6.45, 7) is 2.09. The van der Waals surface area contributed by atoms with Crippen LogP contribution in [0.1, 0.15) is 31.6 Å². The maximum Gasteiger partial charge on any atom is 0.133 e. The molecule has 0 atom stereocenters. The summed E-state index contributed by atoms with van der Waals surface area (Å²) in [7, 11) is 1.96. The van der Waals surface area contributed by atoms with Crippen LogP contribution in [0.3, 0.4) is 0 Å². The molecule has 0 bridgehead atoms. The number of imidazole rings is 2. The monoisotopic (exact) mass is 231 g/mol. The third-order valence-corrected chi connectivity index (χ3v) is 3.40. The third kappa shape index (κ3) is 1.53. The molecule has 0 saturated heterocycles. The summed E-state index contributed by atoms with van der Waals surface area (Å²) in [6, 6.07) is 0.596. The van der Waals surface area contributed by atoms with Crippen molar-refractivity contribution in [2.45, 2.75) is 32.2 Å². The second-order valence-corrected chi connectivity index (χ2v) is 4.59. The first-order valence-electron chi connectivity index (χ1n) is 6.05. The number of rotatable bonds is 3. The quantitative estimate of drug-likeness (QED) is 0.875. The number of aryl methyl sites for hydroxylation is 1. The molecule has 1 saturated carbocycles. The number of nitrogens with two attached hydrogens (primary N) is 1. The number of aromatic nitrogens is 4. The smallest absolute Gasteiger partial charge is 0.133 e. The van der Waals surface area contributed by atoms with Crippen molar-refractivity contribution >= 4 is 5.82 Å². The van der Waals surface area contributed by atoms with Crippen LogP contribution >= 0.6 is 0 Å². The number of hydrogen-bond acceptors (Lipinski definition) is 3. The van der Waals surface area contributed by atoms with Gasteiger partial charge in [-0.15, -0.1) is 0 Å². The van der Waals surface area contributed by atoms with Crippen molar-refractivity contribution in [1.82, 2.24) is 19.1 Å². The minimum absolute atomic E-state index is 0.596. The fourth-order valence-electron chi connectivity index (χ4n) is 2.20. The van der Waals surface area contributed by atoms with Crippen molar-refractivity contribution in [3.63, 3.8) is 0 Å². The van der Waals surface area contributed by atoms with E-state index in [1.54, 1.807) is 0 Å². The molecular weight excluding hydrogens is 214 g/mol. The third-order valence-electron chi connectivity index (χ3n) is 3.40. The van der Waals surface area contributed by atoms with Gasteiger partial charge < -0.3 is 14.9 Å². The van der Waals surface area contributed by atoms with E-state index in [1.165, 1.54) is 12.8 Å². The van der Waals surface area contributed by atoms with Crippen LogP contribution in [0.15, 0.2) is 12.5 Å². The van der Waals surface area contributed by atoms with Crippen LogP contribution in [0, 0.1) is 0 Å². The molecule has 2 aromatic rings. The van der Waals surface area contributed by atoms with E-state index in [0.717, 1.165) is 29.5 Å². The number of nitrogens with zero attached hydrogens (tertiary/aromatic N) is 4. The van der Waals surface area contributed by atoms with Gasteiger partial charge >= 0.3 is 0 Å². The van der Waals surface area contributed by atoms with Gasteiger partial charge in [-0.25, -0.2) is 9.97 Å². The molecule has 2 aromatic heterocycles. The van der Waals surface area contributed by atoms with E-state index in [0.29, 0.717) is 6.04 Å². The van der Waals surface area contributed by atoms with E-state index in [9.17, 15) is 0 Å². The van der Waals surface area contributed by atoms with Crippen LogP contribution in [0.25, 0.3) is 11.4 Å². The van der Waals surface area contributed by atoms with Crippen molar-refractivity contribution in [2.24, 2.45) is 7.05 Å². The minimum atomic E-state index is 0.596. The molecule has 0 amide bonds. The first-order valence-corrected chi connectivity index (χ1v) is 6.05. The summed E-state index contributed by atoms with van der Waals surface area (Å²) in [5.74, 6) is 1.74. The van der Waals surface area contributed by atoms with Crippen LogP contribution < -0.4 is 5.73 Å². The van der Waals surface area contributed by atoms with Gasteiger partial charge in [-0.05, 0) is 12.8 Å². The zero-order valence-corrected chi connectivity index (χ0v) is 10.2. The Kier molecular flexibility index (Phi) is 2.21. The van der Waals surface area contributed by atoms with Gasteiger partial charge in [0.25, 0.3) is 0 Å². The summed E-state index contributed by atoms with van der Waals surface area (Å²) in [4.78, 5) is 8.84. The molecule has 0 aliphatic heterocycles. The maximum absolute atomic E-state index is 6.12. The molecular formula is C12H17N5. The van der Waals surface area contributed by atoms with Crippen molar-refractivity contribution in [2.75, 3.05) is 5.73 Å². The zero-order chi connectivity index (χ0) is 12.0. The highest BCUT2D eigenvalue weighted by molar-refractivity contribution is 5.68. The molecule has 0 unspecified atom stereocenters. The van der Waals surface area contributed by atoms with Gasteiger partial charge in [0.05, 0.1) is 18.2 Å². The normalized spacial score (nSPS) is 15.4. The highest BCUT2D eigenvalue weighted by Gasteiger charge is 2.27. The number of nitrogen functional groups attached to an aromatic ring is 1. The highest BCUT2D eigenvalue weighted by Crippen LogP contribution is 2.39. The van der Waals surface area contributed by atoms with Crippen LogP contribution in [0.5, 0.6) is 0 Å². The Morgan fingerprint density at radius 3 is 2.82 bits per heavy atom. The highest BCUT2D eigenvalue weighted by atomic mass is 15.2. The Balaban J connectivity index is 2.11. The van der Waals surface area contributed by atoms with E-state index in [-0.39, 0.29) is 0 Å². The fourth-order valence-corrected chi connectivity index (χ4v) is 2.20. The summed E-state index contributed by atoms with van der Waals surface area (Å²) in [5.41, 5.74) is 8.03. The summed E-state index contributed by atoms with van der Waals surface area (Å²) < 4.78 is 4.15. The molecule has 5 nitrogen and oxygen atoms in total. The summed E-state index contributed by atoms with van der Waals surface area (Å²) in [5, 5.41) is 0. The lowest BCUT2D eigenvalue weighted by Gasteiger charge is -2.04. The average molecular weight is 231 g/mol. The number of hydrogen-bond donors (Lipinski definition) is 1. The minimum Gasteiger partial charge on any atom is -0.383 e. The fraction of sp³-hybridized carbons (Fsp3) is 0.500. The lowest BCUT2D eigenvalue weighted by atomic mass is 10.3. The van der Waals surface area contributed by atoms with Crippen molar-refractivity contribution in [3.05, 3.63) is 18.3 Å². The van der Waals surface area contributed by atoms with E-state index in [2.05, 4.69) is 21.5 Å². The molecule has 1 aliphatic carbocycles. The van der Waals surface area contributed by atoms with Gasteiger partial charge in [0.2, 0.25) is 0 Å². The van der Waals surface area contributed by atoms with Crippen LogP contribution in [-0.2, 0) is 13.5 Å². The zero-order valence-electron chi connectivity index (χ0n) is 10.2. The van der Waals surface area contributed by atoms with Crippen LogP contribution in [0.2, 0.25) is 0 Å². The largest absolute Gasteiger partial charge is 0.383 e. The Hall–Kier alpha value is -1.78. The molecule has 0 radical (unpaired) electrons. The first-order chi connectivity index (χ1) is 8.22. The van der Waals surface area contributed by atoms with Crippen LogP contribution in [-0.4, -0.2) is 19.1 Å². The topological polar surface area (TPSA) is 61.7 Å². The standard InChI is InChI=1S/C12H17N5/c1-3-10-15-11(12(13)16(10)2)9-6-14-7-17(9)8-4-5-8/h6-8H,3-5,13H2,1-2H3. The molecule has 90 valence electrons. The molecule has 2 heterocycles. The molecule has 5 heteroatoms. The molecule has 0 aromatic carbocycles. The van der Waals surface area contributed by atoms with Crippen molar-refractivity contribution in [1.29, 1.82) is 0 Å². The molecule has 1 aliphatic rings. The Morgan fingerprint density at radius 1 is 1.47 bits per heavy atom. The lowest BCUT2D eigenvalue weighted by molar-refractivity contribution is 0.746. The first kappa shape index (κ1) is 10.4. The predicted octanol–water partition coefficient (Wildman–Crippen LogP) is 1.76. The van der Waals surface area contributed by atoms with Gasteiger partial charge in [0, 0.05) is 19.5 Å². The summed E-state index contributed by atoms with van der Waals surface area (Å²) >= 11 is 0.